The molecule has 0 aromatic rings. The summed E-state index contributed by atoms with van der Waals surface area (Å²) in [5.74, 6) is -3.73. The van der Waals surface area contributed by atoms with Crippen LogP contribution in [0.2, 0.25) is 0 Å². The van der Waals surface area contributed by atoms with Crippen molar-refractivity contribution in [3.63, 3.8) is 0 Å². The minimum atomic E-state index is -1.52. The molecule has 0 aliphatic heterocycles. The first-order chi connectivity index (χ1) is 5.02. The van der Waals surface area contributed by atoms with Crippen LogP contribution in [-0.4, -0.2) is 17.7 Å². The fraction of sp³-hybridized carbons (Fsp3) is 0.333. The predicted molar refractivity (Wildman–Crippen MR) is 28.6 cm³/mol. The zero-order chi connectivity index (χ0) is 8.85. The number of hydrogen-bond donors (Lipinski definition) is 0. The Balaban J connectivity index is -0.000000500. The zero-order valence-corrected chi connectivity index (χ0v) is 13.8. The molecule has 7 heteroatoms. The maximum atomic E-state index is 10.4. The second-order valence-corrected chi connectivity index (χ2v) is 1.80. The van der Waals surface area contributed by atoms with E-state index in [9.17, 15) is 24.6 Å². The molecular weight excluding hydrogens is 230 g/mol. The predicted octanol–water partition coefficient (Wildman–Crippen LogP) is -8.95. The first-order valence-electron chi connectivity index (χ1n) is 2.78. The van der Waals surface area contributed by atoms with Crippen LogP contribution in [0.1, 0.15) is 12.8 Å². The van der Waals surface area contributed by atoms with E-state index in [0.29, 0.717) is 0 Å². The largest absolute Gasteiger partial charge is 1.00 e. The molecule has 0 fully saturated rings. The molecule has 0 amide bonds. The summed E-state index contributed by atoms with van der Waals surface area (Å²) in [6, 6.07) is 0. The van der Waals surface area contributed by atoms with Gasteiger partial charge in [-0.15, -0.1) is 0 Å². The molecular formula is C6H5K2O5. The molecule has 0 aliphatic rings. The van der Waals surface area contributed by atoms with E-state index in [2.05, 4.69) is 0 Å². The number of carboxylic acid groups (broad SMARTS) is 2. The first-order valence-corrected chi connectivity index (χ1v) is 2.78. The van der Waals surface area contributed by atoms with Gasteiger partial charge in [-0.3, -0.25) is 4.79 Å². The summed E-state index contributed by atoms with van der Waals surface area (Å²) in [5.41, 5.74) is 0. The fourth-order valence-electron chi connectivity index (χ4n) is 0.412. The minimum absolute atomic E-state index is 0. The summed E-state index contributed by atoms with van der Waals surface area (Å²) in [4.78, 5) is 29.9. The Morgan fingerprint density at radius 2 is 1.46 bits per heavy atom. The summed E-state index contributed by atoms with van der Waals surface area (Å²) in [5, 5.41) is 19.5. The number of aliphatic carboxylic acids is 2. The van der Waals surface area contributed by atoms with E-state index in [1.165, 1.54) is 0 Å². The van der Waals surface area contributed by atoms with E-state index < -0.39 is 30.6 Å². The standard InChI is InChI=1S/C6H7O5.2K/c7-4(3-6(10)11)1-2-5(8)9;;/h1H,2-3H2,(H,8,9)(H,10,11);;/q;2*+1/p-2. The summed E-state index contributed by atoms with van der Waals surface area (Å²) in [7, 11) is 0. The molecule has 5 nitrogen and oxygen atoms in total. The van der Waals surface area contributed by atoms with Gasteiger partial charge < -0.3 is 19.8 Å². The number of rotatable bonds is 5. The normalized spacial score (nSPS) is 7.69. The Labute approximate surface area is 160 Å². The van der Waals surface area contributed by atoms with Crippen molar-refractivity contribution in [2.24, 2.45) is 0 Å². The van der Waals surface area contributed by atoms with Gasteiger partial charge >= 0.3 is 103 Å². The molecule has 0 aromatic carbocycles. The maximum absolute atomic E-state index is 10.4. The number of carboxylic acids is 2. The second-order valence-electron chi connectivity index (χ2n) is 1.80. The smallest absolute Gasteiger partial charge is 0.550 e. The van der Waals surface area contributed by atoms with Crippen LogP contribution in [-0.2, 0) is 14.4 Å². The Morgan fingerprint density at radius 1 is 1.00 bits per heavy atom. The summed E-state index contributed by atoms with van der Waals surface area (Å²) < 4.78 is 0. The summed E-state index contributed by atoms with van der Waals surface area (Å²) in [6.45, 7) is 0. The number of Topliss-reactive ketones (excluding diaryl/α,β-unsaturated/α-hetero) is 1. The van der Waals surface area contributed by atoms with Gasteiger partial charge in [-0.2, -0.15) is 0 Å². The van der Waals surface area contributed by atoms with Gasteiger partial charge in [0.15, 0.2) is 0 Å². The van der Waals surface area contributed by atoms with E-state index in [-0.39, 0.29) is 103 Å². The molecule has 0 heterocycles. The molecule has 0 aromatic heterocycles. The van der Waals surface area contributed by atoms with Crippen molar-refractivity contribution in [1.82, 2.24) is 0 Å². The monoisotopic (exact) mass is 235 g/mol. The SMILES string of the molecule is O=C([O-])C[CH]C(=O)CC(=O)[O-].[K+].[K+]. The van der Waals surface area contributed by atoms with E-state index in [0.717, 1.165) is 6.42 Å². The Kier molecular flexibility index (Phi) is 18.7. The van der Waals surface area contributed by atoms with Gasteiger partial charge in [0.1, 0.15) is 5.78 Å². The topological polar surface area (TPSA) is 97.3 Å². The second kappa shape index (κ2) is 12.0. The van der Waals surface area contributed by atoms with Crippen molar-refractivity contribution >= 4 is 17.7 Å². The van der Waals surface area contributed by atoms with Crippen LogP contribution in [0.25, 0.3) is 0 Å². The molecule has 1 radical (unpaired) electrons. The van der Waals surface area contributed by atoms with E-state index >= 15 is 0 Å². The third-order valence-electron chi connectivity index (χ3n) is 0.815. The van der Waals surface area contributed by atoms with Crippen LogP contribution >= 0.6 is 0 Å². The molecule has 0 unspecified atom stereocenters. The molecule has 0 spiro atoms. The maximum Gasteiger partial charge on any atom is 1.00 e. The van der Waals surface area contributed by atoms with Gasteiger partial charge in [0.25, 0.3) is 0 Å². The van der Waals surface area contributed by atoms with Crippen molar-refractivity contribution in [3.8, 4) is 0 Å². The minimum Gasteiger partial charge on any atom is -0.550 e. The quantitative estimate of drug-likeness (QED) is 0.348. The number of ketones is 1. The number of carbonyl (C=O) groups excluding carboxylic acids is 3. The van der Waals surface area contributed by atoms with Crippen LogP contribution in [0.5, 0.6) is 0 Å². The summed E-state index contributed by atoms with van der Waals surface area (Å²) in [6.07, 6.45) is -0.607. The average molecular weight is 235 g/mol. The summed E-state index contributed by atoms with van der Waals surface area (Å²) >= 11 is 0. The third-order valence-corrected chi connectivity index (χ3v) is 0.815. The molecule has 0 aliphatic carbocycles. The van der Waals surface area contributed by atoms with Crippen molar-refractivity contribution in [3.05, 3.63) is 6.42 Å². The number of hydrogen-bond acceptors (Lipinski definition) is 5. The molecule has 61 valence electrons. The van der Waals surface area contributed by atoms with E-state index in [1.807, 2.05) is 0 Å². The molecule has 0 rings (SSSR count). The molecule has 0 bridgehead atoms. The van der Waals surface area contributed by atoms with Crippen molar-refractivity contribution in [2.45, 2.75) is 12.8 Å². The van der Waals surface area contributed by atoms with Crippen LogP contribution < -0.4 is 113 Å². The van der Waals surface area contributed by atoms with Gasteiger partial charge in [-0.1, -0.05) is 0 Å². The number of carbonyl (C=O) groups is 3. The van der Waals surface area contributed by atoms with Crippen molar-refractivity contribution in [1.29, 1.82) is 0 Å². The molecule has 13 heavy (non-hydrogen) atoms. The average Bonchev–Trinajstić information content (AvgIpc) is 1.82. The van der Waals surface area contributed by atoms with Crippen molar-refractivity contribution < 1.29 is 127 Å². The van der Waals surface area contributed by atoms with E-state index in [1.54, 1.807) is 0 Å². The van der Waals surface area contributed by atoms with Gasteiger partial charge in [0.05, 0.1) is 0 Å². The van der Waals surface area contributed by atoms with Crippen LogP contribution in [0.4, 0.5) is 0 Å². The van der Waals surface area contributed by atoms with E-state index in [4.69, 9.17) is 0 Å². The molecule has 0 N–H and O–H groups in total. The first kappa shape index (κ1) is 20.3. The van der Waals surface area contributed by atoms with Crippen molar-refractivity contribution in [2.75, 3.05) is 0 Å². The third kappa shape index (κ3) is 16.6. The molecule has 0 saturated carbocycles. The fourth-order valence-corrected chi connectivity index (χ4v) is 0.412. The molecule has 0 saturated heterocycles. The molecule has 0 atom stereocenters. The van der Waals surface area contributed by atoms with Gasteiger partial charge in [0.2, 0.25) is 0 Å². The van der Waals surface area contributed by atoms with Crippen LogP contribution in [0.3, 0.4) is 0 Å². The van der Waals surface area contributed by atoms with Gasteiger partial charge in [-0.05, 0) is 6.42 Å². The van der Waals surface area contributed by atoms with Crippen LogP contribution in [0, 0.1) is 6.42 Å². The Hall–Kier alpha value is 1.88. The zero-order valence-electron chi connectivity index (χ0n) is 7.53. The van der Waals surface area contributed by atoms with Gasteiger partial charge in [-0.25, -0.2) is 0 Å². The Morgan fingerprint density at radius 3 is 1.77 bits per heavy atom. The Bertz CT molecular complexity index is 191. The van der Waals surface area contributed by atoms with Crippen LogP contribution in [0.15, 0.2) is 0 Å². The van der Waals surface area contributed by atoms with Gasteiger partial charge in [0, 0.05) is 24.8 Å².